The quantitative estimate of drug-likeness (QED) is 0.534. The van der Waals surface area contributed by atoms with Crippen LogP contribution in [0.15, 0.2) is 48.5 Å². The fourth-order valence-electron chi connectivity index (χ4n) is 3.51. The third kappa shape index (κ3) is 8.29. The molecular formula is C24H36N2O2S. The molecule has 2 aromatic rings. The number of nitrogens with one attached hydrogen (secondary N) is 1. The third-order valence-electron chi connectivity index (χ3n) is 5.26. The maximum absolute atomic E-state index is 11.4. The molecule has 0 saturated carbocycles. The van der Waals surface area contributed by atoms with E-state index in [9.17, 15) is 8.42 Å². The van der Waals surface area contributed by atoms with Crippen LogP contribution in [0.2, 0.25) is 0 Å². The fourth-order valence-corrected chi connectivity index (χ4v) is 4.10. The highest BCUT2D eigenvalue weighted by molar-refractivity contribution is 7.89. The topological polar surface area (TPSA) is 72.2 Å². The van der Waals surface area contributed by atoms with E-state index in [1.807, 2.05) is 0 Å². The van der Waals surface area contributed by atoms with E-state index in [2.05, 4.69) is 74.6 Å². The van der Waals surface area contributed by atoms with E-state index in [1.165, 1.54) is 22.3 Å². The van der Waals surface area contributed by atoms with Crippen LogP contribution in [-0.4, -0.2) is 26.8 Å². The van der Waals surface area contributed by atoms with Crippen molar-refractivity contribution in [2.75, 3.05) is 13.1 Å². The van der Waals surface area contributed by atoms with Crippen LogP contribution in [0, 0.1) is 11.8 Å². The molecule has 160 valence electrons. The van der Waals surface area contributed by atoms with E-state index in [1.54, 1.807) is 6.92 Å². The fraction of sp³-hybridized carbons (Fsp3) is 0.500. The number of hydrogen-bond acceptors (Lipinski definition) is 3. The average Bonchev–Trinajstić information content (AvgIpc) is 2.65. The maximum atomic E-state index is 11.4. The highest BCUT2D eigenvalue weighted by Crippen LogP contribution is 2.23. The molecule has 4 nitrogen and oxygen atoms in total. The van der Waals surface area contributed by atoms with Gasteiger partial charge >= 0.3 is 0 Å². The van der Waals surface area contributed by atoms with Crippen molar-refractivity contribution in [2.24, 2.45) is 17.0 Å². The molecule has 0 saturated heterocycles. The second-order valence-electron chi connectivity index (χ2n) is 8.69. The average molecular weight is 417 g/mol. The van der Waals surface area contributed by atoms with Crippen molar-refractivity contribution in [1.82, 2.24) is 5.32 Å². The maximum Gasteiger partial charge on any atom is 0.211 e. The molecule has 2 unspecified atom stereocenters. The van der Waals surface area contributed by atoms with Gasteiger partial charge in [0, 0.05) is 0 Å². The molecule has 0 aliphatic rings. The summed E-state index contributed by atoms with van der Waals surface area (Å²) in [5.74, 6) is 0.943. The molecule has 0 heterocycles. The zero-order valence-electron chi connectivity index (χ0n) is 18.2. The Morgan fingerprint density at radius 2 is 1.38 bits per heavy atom. The number of hydrogen-bond donors (Lipinski definition) is 2. The van der Waals surface area contributed by atoms with Crippen molar-refractivity contribution in [2.45, 2.75) is 52.2 Å². The highest BCUT2D eigenvalue weighted by atomic mass is 32.2. The molecule has 0 aliphatic carbocycles. The zero-order valence-corrected chi connectivity index (χ0v) is 19.0. The smallest absolute Gasteiger partial charge is 0.211 e. The first-order valence-electron chi connectivity index (χ1n) is 10.6. The molecule has 3 N–H and O–H groups in total. The standard InChI is InChI=1S/C24H36N2O2S/c1-18(2)17-26-14-13-21-5-9-23(10-6-21)24-11-7-22(8-12-24)16-19(3)15-20(4)29(25,27)28/h5-12,18-20,26H,13-17H2,1-4H3,(H2,25,27,28). The number of primary sulfonamides is 1. The van der Waals surface area contributed by atoms with Gasteiger partial charge in [0.05, 0.1) is 5.25 Å². The van der Waals surface area contributed by atoms with Gasteiger partial charge in [-0.05, 0) is 73.4 Å². The summed E-state index contributed by atoms with van der Waals surface area (Å²) in [6, 6.07) is 17.3. The predicted molar refractivity (Wildman–Crippen MR) is 123 cm³/mol. The third-order valence-corrected chi connectivity index (χ3v) is 6.58. The molecule has 2 atom stereocenters. The number of sulfonamides is 1. The Morgan fingerprint density at radius 3 is 1.86 bits per heavy atom. The van der Waals surface area contributed by atoms with Gasteiger partial charge in [0.15, 0.2) is 0 Å². The lowest BCUT2D eigenvalue weighted by molar-refractivity contribution is 0.505. The SMILES string of the molecule is CC(C)CNCCc1ccc(-c2ccc(CC(C)CC(C)S(N)(=O)=O)cc2)cc1. The van der Waals surface area contributed by atoms with Gasteiger partial charge in [0.1, 0.15) is 0 Å². The minimum Gasteiger partial charge on any atom is -0.316 e. The first-order valence-corrected chi connectivity index (χ1v) is 12.2. The second kappa shape index (κ2) is 10.9. The lowest BCUT2D eigenvalue weighted by atomic mass is 9.95. The summed E-state index contributed by atoms with van der Waals surface area (Å²) in [7, 11) is -3.45. The first kappa shape index (κ1) is 23.6. The molecule has 2 rings (SSSR count). The monoisotopic (exact) mass is 416 g/mol. The van der Waals surface area contributed by atoms with Gasteiger partial charge in [-0.25, -0.2) is 13.6 Å². The van der Waals surface area contributed by atoms with Crippen molar-refractivity contribution >= 4 is 10.0 Å². The van der Waals surface area contributed by atoms with Gasteiger partial charge in [-0.3, -0.25) is 0 Å². The molecule has 0 aromatic heterocycles. The van der Waals surface area contributed by atoms with Gasteiger partial charge in [-0.1, -0.05) is 69.3 Å². The Morgan fingerprint density at radius 1 is 0.862 bits per heavy atom. The van der Waals surface area contributed by atoms with E-state index in [4.69, 9.17) is 5.14 Å². The molecule has 5 heteroatoms. The van der Waals surface area contributed by atoms with Gasteiger partial charge in [-0.15, -0.1) is 0 Å². The predicted octanol–water partition coefficient (Wildman–Crippen LogP) is 4.39. The summed E-state index contributed by atoms with van der Waals surface area (Å²) in [5.41, 5.74) is 4.98. The summed E-state index contributed by atoms with van der Waals surface area (Å²) in [5, 5.41) is 8.21. The van der Waals surface area contributed by atoms with Crippen LogP contribution >= 0.6 is 0 Å². The lowest BCUT2D eigenvalue weighted by Gasteiger charge is -2.16. The minimum absolute atomic E-state index is 0.262. The van der Waals surface area contributed by atoms with Crippen LogP contribution in [0.5, 0.6) is 0 Å². The van der Waals surface area contributed by atoms with Crippen molar-refractivity contribution in [3.63, 3.8) is 0 Å². The van der Waals surface area contributed by atoms with E-state index < -0.39 is 15.3 Å². The molecule has 0 bridgehead atoms. The Balaban J connectivity index is 1.89. The van der Waals surface area contributed by atoms with Crippen LogP contribution in [0.25, 0.3) is 11.1 Å². The highest BCUT2D eigenvalue weighted by Gasteiger charge is 2.18. The normalized spacial score (nSPS) is 14.1. The van der Waals surface area contributed by atoms with Crippen LogP contribution in [0.3, 0.4) is 0 Å². The van der Waals surface area contributed by atoms with Crippen molar-refractivity contribution < 1.29 is 8.42 Å². The van der Waals surface area contributed by atoms with E-state index in [0.717, 1.165) is 25.9 Å². The second-order valence-corrected chi connectivity index (χ2v) is 10.7. The Kier molecular flexibility index (Phi) is 8.87. The van der Waals surface area contributed by atoms with Crippen LogP contribution in [0.4, 0.5) is 0 Å². The first-order chi connectivity index (χ1) is 13.6. The molecule has 0 spiro atoms. The summed E-state index contributed by atoms with van der Waals surface area (Å²) in [4.78, 5) is 0. The van der Waals surface area contributed by atoms with Gasteiger partial charge in [0.2, 0.25) is 10.0 Å². The summed E-state index contributed by atoms with van der Waals surface area (Å²) < 4.78 is 22.8. The van der Waals surface area contributed by atoms with E-state index in [-0.39, 0.29) is 5.92 Å². The number of rotatable bonds is 11. The summed E-state index contributed by atoms with van der Waals surface area (Å²) in [6.45, 7) is 10.3. The molecule has 0 amide bonds. The molecule has 29 heavy (non-hydrogen) atoms. The van der Waals surface area contributed by atoms with Crippen molar-refractivity contribution in [1.29, 1.82) is 0 Å². The lowest BCUT2D eigenvalue weighted by Crippen LogP contribution is -2.27. The summed E-state index contributed by atoms with van der Waals surface area (Å²) >= 11 is 0. The van der Waals surface area contributed by atoms with Crippen LogP contribution < -0.4 is 10.5 Å². The molecule has 0 radical (unpaired) electrons. The molecular weight excluding hydrogens is 380 g/mol. The zero-order chi connectivity index (χ0) is 21.4. The number of benzene rings is 2. The van der Waals surface area contributed by atoms with E-state index in [0.29, 0.717) is 12.3 Å². The van der Waals surface area contributed by atoms with Crippen molar-refractivity contribution in [3.05, 3.63) is 59.7 Å². The summed E-state index contributed by atoms with van der Waals surface area (Å²) in [6.07, 6.45) is 2.47. The van der Waals surface area contributed by atoms with Crippen molar-refractivity contribution in [3.8, 4) is 11.1 Å². The minimum atomic E-state index is -3.45. The Hall–Kier alpha value is -1.69. The Bertz CT molecular complexity index is 843. The molecule has 0 fully saturated rings. The van der Waals surface area contributed by atoms with Gasteiger partial charge in [-0.2, -0.15) is 0 Å². The molecule has 2 aromatic carbocycles. The van der Waals surface area contributed by atoms with Crippen LogP contribution in [0.1, 0.15) is 45.2 Å². The largest absolute Gasteiger partial charge is 0.316 e. The Labute approximate surface area is 177 Å². The van der Waals surface area contributed by atoms with Crippen LogP contribution in [-0.2, 0) is 22.9 Å². The van der Waals surface area contributed by atoms with E-state index >= 15 is 0 Å². The number of nitrogens with two attached hydrogens (primary N) is 1. The van der Waals surface area contributed by atoms with Gasteiger partial charge < -0.3 is 5.32 Å². The molecule has 0 aliphatic heterocycles. The van der Waals surface area contributed by atoms with Gasteiger partial charge in [0.25, 0.3) is 0 Å².